The Morgan fingerprint density at radius 1 is 1.50 bits per heavy atom. The lowest BCUT2D eigenvalue weighted by molar-refractivity contribution is 0.0693. The summed E-state index contributed by atoms with van der Waals surface area (Å²) in [5, 5.41) is 18.1. The summed E-state index contributed by atoms with van der Waals surface area (Å²) in [6.07, 6.45) is 0. The van der Waals surface area contributed by atoms with Gasteiger partial charge in [0.2, 0.25) is 0 Å². The van der Waals surface area contributed by atoms with Crippen molar-refractivity contribution in [1.82, 2.24) is 0 Å². The quantitative estimate of drug-likeness (QED) is 0.806. The Hall–Kier alpha value is -0.740. The second-order valence-corrected chi connectivity index (χ2v) is 3.26. The molecule has 0 bridgehead atoms. The molecule has 0 unspecified atom stereocenters. The molecule has 1 rings (SSSR count). The first-order chi connectivity index (χ1) is 5.54. The number of carboxylic acid groups (broad SMARTS) is 1. The number of halogens is 2. The van der Waals surface area contributed by atoms with Gasteiger partial charge in [-0.2, -0.15) is 0 Å². The summed E-state index contributed by atoms with van der Waals surface area (Å²) >= 11 is 8.54. The molecule has 0 aliphatic carbocycles. The molecule has 0 amide bonds. The molecule has 0 atom stereocenters. The molecule has 0 radical (unpaired) electrons. The van der Waals surface area contributed by atoms with Crippen molar-refractivity contribution in [2.75, 3.05) is 0 Å². The van der Waals surface area contributed by atoms with Crippen LogP contribution in [0.4, 0.5) is 0 Å². The average molecular weight is 251 g/mol. The van der Waals surface area contributed by atoms with Crippen LogP contribution in [-0.2, 0) is 0 Å². The summed E-state index contributed by atoms with van der Waals surface area (Å²) in [4.78, 5) is 10.5. The Bertz CT molecular complexity index is 338. The molecule has 5 heteroatoms. The van der Waals surface area contributed by atoms with E-state index in [4.69, 9.17) is 16.7 Å². The molecule has 1 aromatic rings. The minimum Gasteiger partial charge on any atom is -0.506 e. The Kier molecular flexibility index (Phi) is 2.59. The van der Waals surface area contributed by atoms with Crippen molar-refractivity contribution in [3.63, 3.8) is 0 Å². The van der Waals surface area contributed by atoms with E-state index in [-0.39, 0.29) is 20.8 Å². The van der Waals surface area contributed by atoms with Crippen LogP contribution in [0.2, 0.25) is 5.02 Å². The maximum atomic E-state index is 10.5. The van der Waals surface area contributed by atoms with Crippen LogP contribution in [0.15, 0.2) is 16.6 Å². The number of carbonyl (C=O) groups is 1. The number of aromatic carboxylic acids is 1. The molecule has 64 valence electrons. The molecule has 12 heavy (non-hydrogen) atoms. The monoisotopic (exact) mass is 250 g/mol. The molecule has 0 heterocycles. The maximum absolute atomic E-state index is 10.5. The van der Waals surface area contributed by atoms with Crippen molar-refractivity contribution in [2.24, 2.45) is 0 Å². The highest BCUT2D eigenvalue weighted by Gasteiger charge is 2.13. The summed E-state index contributed by atoms with van der Waals surface area (Å²) in [6, 6.07) is 2.64. The lowest BCUT2D eigenvalue weighted by Crippen LogP contribution is -1.96. The molecule has 0 saturated heterocycles. The van der Waals surface area contributed by atoms with Crippen LogP contribution in [0, 0.1) is 0 Å². The number of benzene rings is 1. The fraction of sp³-hybridized carbons (Fsp3) is 0. The Morgan fingerprint density at radius 2 is 2.08 bits per heavy atom. The van der Waals surface area contributed by atoms with E-state index in [2.05, 4.69) is 15.9 Å². The van der Waals surface area contributed by atoms with Crippen LogP contribution >= 0.6 is 27.5 Å². The van der Waals surface area contributed by atoms with E-state index in [9.17, 15) is 9.90 Å². The fourth-order valence-electron chi connectivity index (χ4n) is 0.713. The third-order valence-corrected chi connectivity index (χ3v) is 2.65. The Labute approximate surface area is 81.7 Å². The summed E-state index contributed by atoms with van der Waals surface area (Å²) in [5.74, 6) is -1.54. The number of rotatable bonds is 1. The van der Waals surface area contributed by atoms with Gasteiger partial charge in [0.15, 0.2) is 0 Å². The predicted octanol–water partition coefficient (Wildman–Crippen LogP) is 2.51. The van der Waals surface area contributed by atoms with Crippen molar-refractivity contribution >= 4 is 33.5 Å². The third-order valence-electron chi connectivity index (χ3n) is 1.30. The Morgan fingerprint density at radius 3 is 2.58 bits per heavy atom. The van der Waals surface area contributed by atoms with Crippen LogP contribution in [-0.4, -0.2) is 16.2 Å². The predicted molar refractivity (Wildman–Crippen MR) is 47.8 cm³/mol. The molecule has 0 fully saturated rings. The van der Waals surface area contributed by atoms with Gasteiger partial charge in [-0.05, 0) is 28.1 Å². The van der Waals surface area contributed by atoms with Gasteiger partial charge in [-0.1, -0.05) is 11.6 Å². The smallest absolute Gasteiger partial charge is 0.339 e. The SMILES string of the molecule is O=C(O)c1ccc(Cl)c(Br)c1O. The molecule has 0 aromatic heterocycles. The minimum absolute atomic E-state index is 0.175. The van der Waals surface area contributed by atoms with Crippen LogP contribution in [0.1, 0.15) is 10.4 Å². The number of phenols is 1. The largest absolute Gasteiger partial charge is 0.506 e. The standard InChI is InChI=1S/C7H4BrClO3/c8-5-4(9)2-1-3(6(5)10)7(11)12/h1-2,10H,(H,11,12). The van der Waals surface area contributed by atoms with Crippen LogP contribution in [0.25, 0.3) is 0 Å². The molecule has 0 aliphatic rings. The van der Waals surface area contributed by atoms with E-state index >= 15 is 0 Å². The van der Waals surface area contributed by atoms with E-state index in [1.807, 2.05) is 0 Å². The van der Waals surface area contributed by atoms with Gasteiger partial charge in [0, 0.05) is 0 Å². The zero-order chi connectivity index (χ0) is 9.30. The highest BCUT2D eigenvalue weighted by molar-refractivity contribution is 9.10. The van der Waals surface area contributed by atoms with Gasteiger partial charge in [0.25, 0.3) is 0 Å². The van der Waals surface area contributed by atoms with E-state index in [0.717, 1.165) is 0 Å². The van der Waals surface area contributed by atoms with Crippen LogP contribution in [0.5, 0.6) is 5.75 Å². The second kappa shape index (κ2) is 3.33. The van der Waals surface area contributed by atoms with E-state index in [0.29, 0.717) is 0 Å². The first kappa shape index (κ1) is 9.35. The topological polar surface area (TPSA) is 57.5 Å². The van der Waals surface area contributed by atoms with Crippen LogP contribution < -0.4 is 0 Å². The fourth-order valence-corrected chi connectivity index (χ4v) is 1.21. The summed E-state index contributed by atoms with van der Waals surface area (Å²) in [7, 11) is 0. The van der Waals surface area contributed by atoms with Gasteiger partial charge < -0.3 is 10.2 Å². The molecule has 0 saturated carbocycles. The normalized spacial score (nSPS) is 9.83. The van der Waals surface area contributed by atoms with E-state index in [1.54, 1.807) is 0 Å². The zero-order valence-corrected chi connectivity index (χ0v) is 8.06. The maximum Gasteiger partial charge on any atom is 0.339 e. The molecule has 0 aliphatic heterocycles. The van der Waals surface area contributed by atoms with Gasteiger partial charge in [-0.3, -0.25) is 0 Å². The zero-order valence-electron chi connectivity index (χ0n) is 5.71. The third kappa shape index (κ3) is 1.54. The summed E-state index contributed by atoms with van der Waals surface area (Å²) in [6.45, 7) is 0. The first-order valence-electron chi connectivity index (χ1n) is 2.94. The highest BCUT2D eigenvalue weighted by Crippen LogP contribution is 2.34. The second-order valence-electron chi connectivity index (χ2n) is 2.06. The number of carboxylic acids is 1. The number of aromatic hydroxyl groups is 1. The summed E-state index contributed by atoms with van der Waals surface area (Å²) < 4.78 is 0.198. The van der Waals surface area contributed by atoms with Crippen LogP contribution in [0.3, 0.4) is 0 Å². The summed E-state index contributed by atoms with van der Waals surface area (Å²) in [5.41, 5.74) is -0.175. The first-order valence-corrected chi connectivity index (χ1v) is 4.11. The van der Waals surface area contributed by atoms with Crippen molar-refractivity contribution < 1.29 is 15.0 Å². The molecular weight excluding hydrogens is 247 g/mol. The lowest BCUT2D eigenvalue weighted by atomic mass is 10.2. The number of hydrogen-bond donors (Lipinski definition) is 2. The van der Waals surface area contributed by atoms with Crippen molar-refractivity contribution in [3.8, 4) is 5.75 Å². The Balaban J connectivity index is 3.36. The average Bonchev–Trinajstić information content (AvgIpc) is 2.00. The molecule has 2 N–H and O–H groups in total. The number of hydrogen-bond acceptors (Lipinski definition) is 2. The minimum atomic E-state index is -1.19. The molecule has 0 spiro atoms. The van der Waals surface area contributed by atoms with Crippen molar-refractivity contribution in [3.05, 3.63) is 27.2 Å². The van der Waals surface area contributed by atoms with Crippen molar-refractivity contribution in [2.45, 2.75) is 0 Å². The lowest BCUT2D eigenvalue weighted by Gasteiger charge is -2.02. The van der Waals surface area contributed by atoms with E-state index in [1.165, 1.54) is 12.1 Å². The van der Waals surface area contributed by atoms with Crippen molar-refractivity contribution in [1.29, 1.82) is 0 Å². The van der Waals surface area contributed by atoms with Gasteiger partial charge in [-0.15, -0.1) is 0 Å². The molecule has 1 aromatic carbocycles. The van der Waals surface area contributed by atoms with Gasteiger partial charge in [0.1, 0.15) is 11.3 Å². The highest BCUT2D eigenvalue weighted by atomic mass is 79.9. The molecule has 3 nitrogen and oxygen atoms in total. The van der Waals surface area contributed by atoms with E-state index < -0.39 is 5.97 Å². The molecular formula is C7H4BrClO3. The van der Waals surface area contributed by atoms with Gasteiger partial charge >= 0.3 is 5.97 Å². The van der Waals surface area contributed by atoms with Gasteiger partial charge in [0.05, 0.1) is 9.50 Å². The van der Waals surface area contributed by atoms with Gasteiger partial charge in [-0.25, -0.2) is 4.79 Å².